The molecule has 2 aromatic carbocycles. The Balaban J connectivity index is 1.84. The third-order valence-electron chi connectivity index (χ3n) is 3.69. The molecule has 0 saturated carbocycles. The molecule has 0 saturated heterocycles. The molecule has 8 heteroatoms. The van der Waals surface area contributed by atoms with Crippen molar-refractivity contribution in [2.24, 2.45) is 0 Å². The highest BCUT2D eigenvalue weighted by Gasteiger charge is 2.21. The molecule has 2 atom stereocenters. The number of benzene rings is 2. The van der Waals surface area contributed by atoms with Crippen LogP contribution in [-0.4, -0.2) is 29.4 Å². The van der Waals surface area contributed by atoms with Crippen LogP contribution in [0.4, 0.5) is 5.69 Å². The second kappa shape index (κ2) is 9.33. The highest BCUT2D eigenvalue weighted by Crippen LogP contribution is 2.22. The summed E-state index contributed by atoms with van der Waals surface area (Å²) in [6.07, 6.45) is -0.697. The van der Waals surface area contributed by atoms with Gasteiger partial charge in [-0.3, -0.25) is 14.9 Å². The summed E-state index contributed by atoms with van der Waals surface area (Å²) in [6, 6.07) is 13.8. The molecule has 0 aromatic heterocycles. The summed E-state index contributed by atoms with van der Waals surface area (Å²) in [5, 5.41) is 13.3. The fourth-order valence-electron chi connectivity index (χ4n) is 2.24. The van der Waals surface area contributed by atoms with Crippen LogP contribution in [0.25, 0.3) is 0 Å². The van der Waals surface area contributed by atoms with E-state index in [-0.39, 0.29) is 12.3 Å². The molecule has 27 heavy (non-hydrogen) atoms. The number of nitrogens with one attached hydrogen (secondary N) is 1. The number of non-ortho nitro benzene ring substituents is 1. The lowest BCUT2D eigenvalue weighted by atomic mass is 10.1. The van der Waals surface area contributed by atoms with Crippen LogP contribution in [0, 0.1) is 10.1 Å². The number of nitro groups is 1. The van der Waals surface area contributed by atoms with Gasteiger partial charge in [-0.15, -0.1) is 0 Å². The molecule has 1 N–H and O–H groups in total. The lowest BCUT2D eigenvalue weighted by molar-refractivity contribution is -0.385. The predicted molar refractivity (Wildman–Crippen MR) is 97.1 cm³/mol. The Morgan fingerprint density at radius 1 is 1.11 bits per heavy atom. The molecule has 142 valence electrons. The number of esters is 1. The van der Waals surface area contributed by atoms with Gasteiger partial charge in [-0.2, -0.15) is 0 Å². The third-order valence-corrected chi connectivity index (χ3v) is 3.69. The van der Waals surface area contributed by atoms with Crippen LogP contribution in [0.1, 0.15) is 25.5 Å². The first kappa shape index (κ1) is 19.9. The molecule has 2 aromatic rings. The quantitative estimate of drug-likeness (QED) is 0.434. The van der Waals surface area contributed by atoms with Crippen LogP contribution in [0.3, 0.4) is 0 Å². The van der Waals surface area contributed by atoms with E-state index < -0.39 is 28.9 Å². The highest BCUT2D eigenvalue weighted by atomic mass is 16.6. The Labute approximate surface area is 156 Å². The maximum absolute atomic E-state index is 12.1. The van der Waals surface area contributed by atoms with E-state index in [1.54, 1.807) is 37.3 Å². The molecule has 0 aliphatic carbocycles. The molecular weight excluding hydrogens is 352 g/mol. The lowest BCUT2D eigenvalue weighted by Crippen LogP contribution is -2.42. The molecule has 0 bridgehead atoms. The number of nitrogens with zero attached hydrogens (tertiary/aromatic N) is 1. The first-order chi connectivity index (χ1) is 12.9. The van der Waals surface area contributed by atoms with Crippen LogP contribution < -0.4 is 10.1 Å². The molecule has 8 nitrogen and oxygen atoms in total. The molecule has 0 aliphatic heterocycles. The monoisotopic (exact) mass is 372 g/mol. The van der Waals surface area contributed by atoms with Gasteiger partial charge in [-0.05, 0) is 31.5 Å². The van der Waals surface area contributed by atoms with E-state index >= 15 is 0 Å². The van der Waals surface area contributed by atoms with Gasteiger partial charge in [0.25, 0.3) is 11.6 Å². The summed E-state index contributed by atoms with van der Waals surface area (Å²) in [7, 11) is 0. The zero-order valence-electron chi connectivity index (χ0n) is 15.0. The van der Waals surface area contributed by atoms with Gasteiger partial charge >= 0.3 is 5.97 Å². The standard InChI is InChI=1S/C19H20N2O6/c1-13(20-18(22)12-26-17-9-4-3-5-10-17)19(23)27-14(2)15-7-6-8-16(11-15)21(24)25/h3-11,13-14H,12H2,1-2H3,(H,20,22)/t13-,14-/m0/s1. The molecule has 0 spiro atoms. The highest BCUT2D eigenvalue weighted by molar-refractivity contribution is 5.85. The average molecular weight is 372 g/mol. The Bertz CT molecular complexity index is 809. The Morgan fingerprint density at radius 2 is 1.81 bits per heavy atom. The van der Waals surface area contributed by atoms with Crippen LogP contribution in [0.15, 0.2) is 54.6 Å². The van der Waals surface area contributed by atoms with Crippen molar-refractivity contribution in [1.29, 1.82) is 0 Å². The second-order valence-electron chi connectivity index (χ2n) is 5.82. The minimum absolute atomic E-state index is 0.0881. The van der Waals surface area contributed by atoms with Gasteiger partial charge in [0.15, 0.2) is 6.61 Å². The van der Waals surface area contributed by atoms with Gasteiger partial charge in [-0.25, -0.2) is 4.79 Å². The number of carbonyl (C=O) groups is 2. The van der Waals surface area contributed by atoms with Gasteiger partial charge in [0.1, 0.15) is 17.9 Å². The Morgan fingerprint density at radius 3 is 2.48 bits per heavy atom. The van der Waals surface area contributed by atoms with Crippen LogP contribution >= 0.6 is 0 Å². The first-order valence-corrected chi connectivity index (χ1v) is 8.29. The van der Waals surface area contributed by atoms with Crippen LogP contribution in [-0.2, 0) is 14.3 Å². The van der Waals surface area contributed by atoms with Crippen molar-refractivity contribution in [3.05, 3.63) is 70.3 Å². The van der Waals surface area contributed by atoms with Crippen LogP contribution in [0.5, 0.6) is 5.75 Å². The molecule has 2 rings (SSSR count). The fourth-order valence-corrected chi connectivity index (χ4v) is 2.24. The zero-order chi connectivity index (χ0) is 19.8. The fraction of sp³-hybridized carbons (Fsp3) is 0.263. The van der Waals surface area contributed by atoms with E-state index in [0.29, 0.717) is 11.3 Å². The Kier molecular flexibility index (Phi) is 6.87. The summed E-state index contributed by atoms with van der Waals surface area (Å²) < 4.78 is 10.6. The summed E-state index contributed by atoms with van der Waals surface area (Å²) in [4.78, 5) is 34.3. The maximum atomic E-state index is 12.1. The summed E-state index contributed by atoms with van der Waals surface area (Å²) in [5.41, 5.74) is 0.401. The van der Waals surface area contributed by atoms with E-state index in [9.17, 15) is 19.7 Å². The molecular formula is C19H20N2O6. The van der Waals surface area contributed by atoms with Gasteiger partial charge in [0.2, 0.25) is 0 Å². The number of hydrogen-bond donors (Lipinski definition) is 1. The SMILES string of the molecule is C[C@H](NC(=O)COc1ccccc1)C(=O)O[C@@H](C)c1cccc([N+](=O)[O-])c1. The minimum Gasteiger partial charge on any atom is -0.484 e. The Hall–Kier alpha value is -3.42. The van der Waals surface area contributed by atoms with E-state index in [2.05, 4.69) is 5.32 Å². The van der Waals surface area contributed by atoms with Gasteiger partial charge in [0, 0.05) is 12.1 Å². The van der Waals surface area contributed by atoms with E-state index in [1.807, 2.05) is 6.07 Å². The number of carbonyl (C=O) groups excluding carboxylic acids is 2. The minimum atomic E-state index is -0.891. The second-order valence-corrected chi connectivity index (χ2v) is 5.82. The van der Waals surface area contributed by atoms with Crippen molar-refractivity contribution in [1.82, 2.24) is 5.32 Å². The topological polar surface area (TPSA) is 108 Å². The largest absolute Gasteiger partial charge is 0.484 e. The third kappa shape index (κ3) is 6.10. The molecule has 0 heterocycles. The average Bonchev–Trinajstić information content (AvgIpc) is 2.67. The number of ether oxygens (including phenoxy) is 2. The summed E-state index contributed by atoms with van der Waals surface area (Å²) in [5.74, 6) is -0.574. The van der Waals surface area contributed by atoms with E-state index in [0.717, 1.165) is 0 Å². The van der Waals surface area contributed by atoms with Crippen molar-refractivity contribution in [2.45, 2.75) is 26.0 Å². The van der Waals surface area contributed by atoms with Crippen molar-refractivity contribution in [2.75, 3.05) is 6.61 Å². The van der Waals surface area contributed by atoms with Crippen LogP contribution in [0.2, 0.25) is 0 Å². The normalized spacial score (nSPS) is 12.5. The van der Waals surface area contributed by atoms with Gasteiger partial charge in [-0.1, -0.05) is 30.3 Å². The number of amides is 1. The predicted octanol–water partition coefficient (Wildman–Crippen LogP) is 2.78. The summed E-state index contributed by atoms with van der Waals surface area (Å²) in [6.45, 7) is 2.86. The number of nitro benzene ring substituents is 1. The summed E-state index contributed by atoms with van der Waals surface area (Å²) >= 11 is 0. The molecule has 0 radical (unpaired) electrons. The van der Waals surface area contributed by atoms with Crippen molar-refractivity contribution in [3.63, 3.8) is 0 Å². The van der Waals surface area contributed by atoms with Crippen molar-refractivity contribution in [3.8, 4) is 5.75 Å². The maximum Gasteiger partial charge on any atom is 0.328 e. The van der Waals surface area contributed by atoms with Gasteiger partial charge in [0.05, 0.1) is 4.92 Å². The van der Waals surface area contributed by atoms with E-state index in [4.69, 9.17) is 9.47 Å². The number of rotatable bonds is 8. The first-order valence-electron chi connectivity index (χ1n) is 8.29. The zero-order valence-corrected chi connectivity index (χ0v) is 15.0. The smallest absolute Gasteiger partial charge is 0.328 e. The van der Waals surface area contributed by atoms with E-state index in [1.165, 1.54) is 25.1 Å². The molecule has 0 aliphatic rings. The molecule has 0 unspecified atom stereocenters. The van der Waals surface area contributed by atoms with Crippen molar-refractivity contribution < 1.29 is 24.0 Å². The van der Waals surface area contributed by atoms with Gasteiger partial charge < -0.3 is 14.8 Å². The molecule has 0 fully saturated rings. The van der Waals surface area contributed by atoms with Crippen molar-refractivity contribution >= 4 is 17.6 Å². The number of para-hydroxylation sites is 1. The number of hydrogen-bond acceptors (Lipinski definition) is 6. The lowest BCUT2D eigenvalue weighted by Gasteiger charge is -2.18. The molecule has 1 amide bonds.